The Kier molecular flexibility index (Phi) is 2.45. The van der Waals surface area contributed by atoms with Crippen molar-refractivity contribution in [2.75, 3.05) is 0 Å². The Bertz CT molecular complexity index is 352. The summed E-state index contributed by atoms with van der Waals surface area (Å²) >= 11 is 0. The van der Waals surface area contributed by atoms with E-state index in [0.717, 1.165) is 19.1 Å². The second-order valence-corrected chi connectivity index (χ2v) is 5.15. The highest BCUT2D eigenvalue weighted by atomic mass is 16.2. The van der Waals surface area contributed by atoms with Gasteiger partial charge in [-0.25, -0.2) is 0 Å². The van der Waals surface area contributed by atoms with Crippen LogP contribution in [-0.4, -0.2) is 10.9 Å². The number of ketones is 1. The maximum absolute atomic E-state index is 11.7. The van der Waals surface area contributed by atoms with Gasteiger partial charge in [-0.2, -0.15) is 0 Å². The number of rotatable bonds is 0. The molecule has 0 aromatic carbocycles. The van der Waals surface area contributed by atoms with E-state index in [1.807, 2.05) is 0 Å². The normalized spacial score (nSPS) is 38.8. The summed E-state index contributed by atoms with van der Waals surface area (Å²) in [4.78, 5) is 11.7. The molecule has 0 bridgehead atoms. The van der Waals surface area contributed by atoms with Gasteiger partial charge in [0.1, 0.15) is 0 Å². The molecule has 0 radical (unpaired) electrons. The lowest BCUT2D eigenvalue weighted by molar-refractivity contribution is -0.120. The molecule has 15 heavy (non-hydrogen) atoms. The van der Waals surface area contributed by atoms with Gasteiger partial charge in [-0.15, -0.1) is 0 Å². The topological polar surface area (TPSA) is 37.3 Å². The zero-order valence-electron chi connectivity index (χ0n) is 9.42. The first-order chi connectivity index (χ1) is 7.07. The first-order valence-electron chi connectivity index (χ1n) is 5.60. The largest absolute Gasteiger partial charge is 0.515 e. The highest BCUT2D eigenvalue weighted by Gasteiger charge is 2.43. The lowest BCUT2D eigenvalue weighted by Gasteiger charge is -2.44. The van der Waals surface area contributed by atoms with Crippen molar-refractivity contribution in [2.24, 2.45) is 11.3 Å². The Balaban J connectivity index is 2.33. The fraction of sp³-hybridized carbons (Fsp3) is 0.615. The zero-order chi connectivity index (χ0) is 11.1. The van der Waals surface area contributed by atoms with Crippen molar-refractivity contribution >= 4 is 5.78 Å². The van der Waals surface area contributed by atoms with Crippen molar-refractivity contribution in [3.8, 4) is 0 Å². The van der Waals surface area contributed by atoms with E-state index >= 15 is 0 Å². The monoisotopic (exact) mass is 206 g/mol. The molecule has 82 valence electrons. The van der Waals surface area contributed by atoms with Crippen LogP contribution in [0.25, 0.3) is 0 Å². The molecule has 2 heteroatoms. The lowest BCUT2D eigenvalue weighted by Crippen LogP contribution is -2.38. The molecule has 0 aliphatic heterocycles. The van der Waals surface area contributed by atoms with Crippen LogP contribution >= 0.6 is 0 Å². The average molecular weight is 206 g/mol. The second-order valence-electron chi connectivity index (χ2n) is 5.15. The molecule has 0 spiro atoms. The van der Waals surface area contributed by atoms with Gasteiger partial charge < -0.3 is 5.11 Å². The van der Waals surface area contributed by atoms with Crippen molar-refractivity contribution in [1.82, 2.24) is 0 Å². The van der Waals surface area contributed by atoms with Crippen LogP contribution in [0.15, 0.2) is 23.5 Å². The highest BCUT2D eigenvalue weighted by Crippen LogP contribution is 2.50. The third-order valence-electron chi connectivity index (χ3n) is 4.08. The molecule has 2 aliphatic rings. The minimum Gasteiger partial charge on any atom is -0.515 e. The lowest BCUT2D eigenvalue weighted by atomic mass is 9.59. The molecular formula is C13H18O2. The van der Waals surface area contributed by atoms with Crippen LogP contribution in [0.4, 0.5) is 0 Å². The predicted molar refractivity (Wildman–Crippen MR) is 59.5 cm³/mol. The van der Waals surface area contributed by atoms with Crippen molar-refractivity contribution in [1.29, 1.82) is 0 Å². The van der Waals surface area contributed by atoms with Gasteiger partial charge in [-0.1, -0.05) is 18.6 Å². The van der Waals surface area contributed by atoms with Crippen LogP contribution in [0.3, 0.4) is 0 Å². The van der Waals surface area contributed by atoms with E-state index in [1.54, 1.807) is 0 Å². The molecule has 2 atom stereocenters. The fourth-order valence-corrected chi connectivity index (χ4v) is 3.05. The Morgan fingerprint density at radius 2 is 2.33 bits per heavy atom. The van der Waals surface area contributed by atoms with Gasteiger partial charge in [0, 0.05) is 12.0 Å². The Morgan fingerprint density at radius 3 is 3.00 bits per heavy atom. The predicted octanol–water partition coefficient (Wildman–Crippen LogP) is 3.15. The molecular weight excluding hydrogens is 188 g/mol. The van der Waals surface area contributed by atoms with Gasteiger partial charge in [-0.05, 0) is 37.5 Å². The quantitative estimate of drug-likeness (QED) is 0.375. The molecule has 0 aromatic rings. The van der Waals surface area contributed by atoms with E-state index in [9.17, 15) is 4.79 Å². The fourth-order valence-electron chi connectivity index (χ4n) is 3.05. The molecule has 1 N–H and O–H groups in total. The average Bonchev–Trinajstić information content (AvgIpc) is 2.16. The number of fused-ring (bicyclic) bond motifs is 1. The third-order valence-corrected chi connectivity index (χ3v) is 4.08. The first-order valence-corrected chi connectivity index (χ1v) is 5.60. The second kappa shape index (κ2) is 3.51. The van der Waals surface area contributed by atoms with Crippen molar-refractivity contribution < 1.29 is 9.90 Å². The number of aliphatic hydroxyl groups excluding tert-OH is 1. The molecule has 0 heterocycles. The van der Waals surface area contributed by atoms with Gasteiger partial charge in [0.2, 0.25) is 0 Å². The summed E-state index contributed by atoms with van der Waals surface area (Å²) in [5.74, 6) is 0.577. The van der Waals surface area contributed by atoms with Gasteiger partial charge in [0.25, 0.3) is 0 Å². The summed E-state index contributed by atoms with van der Waals surface area (Å²) in [6.45, 7) is 4.35. The van der Waals surface area contributed by atoms with Gasteiger partial charge in [0.05, 0.1) is 6.26 Å². The summed E-state index contributed by atoms with van der Waals surface area (Å²) in [6, 6.07) is 0. The molecule has 0 aromatic heterocycles. The number of carbonyl (C=O) groups is 1. The summed E-state index contributed by atoms with van der Waals surface area (Å²) in [6.07, 6.45) is 6.77. The SMILES string of the molecule is CC1=CCC[C@]2(C)CC(=O)/C(=C/O)C[C@@H]12. The number of Topliss-reactive ketones (excluding diaryl/α,β-unsaturated/α-hetero) is 1. The molecule has 0 unspecified atom stereocenters. The minimum atomic E-state index is 0.127. The number of allylic oxidation sites excluding steroid dienone is 3. The van der Waals surface area contributed by atoms with Crippen molar-refractivity contribution in [3.63, 3.8) is 0 Å². The maximum Gasteiger partial charge on any atom is 0.162 e. The Morgan fingerprint density at radius 1 is 1.60 bits per heavy atom. The summed E-state index contributed by atoms with van der Waals surface area (Å²) in [7, 11) is 0. The number of hydrogen-bond acceptors (Lipinski definition) is 2. The van der Waals surface area contributed by atoms with Crippen molar-refractivity contribution in [3.05, 3.63) is 23.5 Å². The van der Waals surface area contributed by atoms with E-state index < -0.39 is 0 Å². The van der Waals surface area contributed by atoms with Gasteiger partial charge in [0.15, 0.2) is 5.78 Å². The molecule has 1 saturated carbocycles. The standard InChI is InChI=1S/C13H18O2/c1-9-4-3-5-13(2)7-12(15)10(8-14)6-11(9)13/h4,8,11,14H,3,5-7H2,1-2H3/b10-8+/t11-,13+/m0/s1. The minimum absolute atomic E-state index is 0.127. The van der Waals surface area contributed by atoms with E-state index in [0.29, 0.717) is 24.3 Å². The molecule has 0 amide bonds. The van der Waals surface area contributed by atoms with Crippen LogP contribution in [0, 0.1) is 11.3 Å². The van der Waals surface area contributed by atoms with E-state index in [4.69, 9.17) is 5.11 Å². The van der Waals surface area contributed by atoms with Gasteiger partial charge >= 0.3 is 0 Å². The summed E-state index contributed by atoms with van der Waals surface area (Å²) in [5, 5.41) is 9.02. The van der Waals surface area contributed by atoms with Crippen LogP contribution in [-0.2, 0) is 4.79 Å². The van der Waals surface area contributed by atoms with Crippen LogP contribution < -0.4 is 0 Å². The van der Waals surface area contributed by atoms with Crippen LogP contribution in [0.1, 0.15) is 39.5 Å². The number of hydrogen-bond donors (Lipinski definition) is 1. The number of aliphatic hydroxyl groups is 1. The van der Waals surface area contributed by atoms with E-state index in [2.05, 4.69) is 19.9 Å². The molecule has 1 fully saturated rings. The Hall–Kier alpha value is -1.05. The number of carbonyl (C=O) groups excluding carboxylic acids is 1. The molecule has 2 nitrogen and oxygen atoms in total. The van der Waals surface area contributed by atoms with Crippen LogP contribution in [0.2, 0.25) is 0 Å². The zero-order valence-corrected chi connectivity index (χ0v) is 9.42. The van der Waals surface area contributed by atoms with E-state index in [1.165, 1.54) is 5.57 Å². The van der Waals surface area contributed by atoms with Gasteiger partial charge in [-0.3, -0.25) is 4.79 Å². The third kappa shape index (κ3) is 1.62. The summed E-state index contributed by atoms with van der Waals surface area (Å²) < 4.78 is 0. The van der Waals surface area contributed by atoms with Crippen LogP contribution in [0.5, 0.6) is 0 Å². The smallest absolute Gasteiger partial charge is 0.162 e. The van der Waals surface area contributed by atoms with Crippen molar-refractivity contribution in [2.45, 2.75) is 39.5 Å². The Labute approximate surface area is 90.7 Å². The van der Waals surface area contributed by atoms with E-state index in [-0.39, 0.29) is 11.2 Å². The maximum atomic E-state index is 11.7. The molecule has 2 rings (SSSR count). The summed E-state index contributed by atoms with van der Waals surface area (Å²) in [5.41, 5.74) is 2.12. The molecule has 2 aliphatic carbocycles. The first kappa shape index (κ1) is 10.5. The highest BCUT2D eigenvalue weighted by molar-refractivity contribution is 5.96. The molecule has 0 saturated heterocycles.